The summed E-state index contributed by atoms with van der Waals surface area (Å²) in [5.41, 5.74) is -4.11. The summed E-state index contributed by atoms with van der Waals surface area (Å²) >= 11 is 0. The first-order valence-electron chi connectivity index (χ1n) is 12.0. The number of anilines is 1. The Labute approximate surface area is 224 Å². The van der Waals surface area contributed by atoms with Crippen molar-refractivity contribution in [3.63, 3.8) is 0 Å². The van der Waals surface area contributed by atoms with Crippen LogP contribution in [-0.2, 0) is 39.4 Å². The van der Waals surface area contributed by atoms with Gasteiger partial charge in [-0.3, -0.25) is 9.59 Å². The third kappa shape index (κ3) is 8.52. The van der Waals surface area contributed by atoms with E-state index >= 15 is 0 Å². The predicted octanol–water partition coefficient (Wildman–Crippen LogP) is 7.61. The molecule has 2 aromatic carbocycles. The lowest BCUT2D eigenvalue weighted by Gasteiger charge is -2.40. The molecule has 0 fully saturated rings. The molecular weight excluding hydrogens is 559 g/mol. The van der Waals surface area contributed by atoms with Crippen molar-refractivity contribution in [2.24, 2.45) is 0 Å². The SMILES string of the molecule is CCOC=O.CC[C@@H]1C[C@H](N(Cc2cc(C(F)(F)F)cc(C(F)(F)F)c2)C(C)=O)c2cc(C(F)(F)F)ccc2N1. The van der Waals surface area contributed by atoms with Crippen LogP contribution < -0.4 is 5.32 Å². The van der Waals surface area contributed by atoms with Crippen molar-refractivity contribution in [1.29, 1.82) is 0 Å². The van der Waals surface area contributed by atoms with Gasteiger partial charge in [0.2, 0.25) is 5.91 Å². The second kappa shape index (κ2) is 12.8. The molecule has 1 N–H and O–H groups in total. The predicted molar refractivity (Wildman–Crippen MR) is 127 cm³/mol. The average molecular weight is 586 g/mol. The Balaban J connectivity index is 0.00000103. The Hall–Kier alpha value is -3.45. The molecule has 0 radical (unpaired) electrons. The highest BCUT2D eigenvalue weighted by Gasteiger charge is 2.39. The minimum Gasteiger partial charge on any atom is -0.468 e. The maximum atomic E-state index is 13.3. The molecule has 1 aliphatic heterocycles. The number of rotatable bonds is 6. The molecule has 2 atom stereocenters. The van der Waals surface area contributed by atoms with E-state index in [1.165, 1.54) is 6.07 Å². The van der Waals surface area contributed by atoms with Crippen LogP contribution in [-0.4, -0.2) is 29.9 Å². The zero-order valence-corrected chi connectivity index (χ0v) is 21.6. The van der Waals surface area contributed by atoms with Gasteiger partial charge in [-0.1, -0.05) is 6.92 Å². The summed E-state index contributed by atoms with van der Waals surface area (Å²) in [6.45, 7) is 4.87. The van der Waals surface area contributed by atoms with Gasteiger partial charge in [0, 0.05) is 25.2 Å². The van der Waals surface area contributed by atoms with Crippen molar-refractivity contribution in [2.75, 3.05) is 11.9 Å². The van der Waals surface area contributed by atoms with Crippen LogP contribution in [0.1, 0.15) is 67.5 Å². The normalized spacial score (nSPS) is 17.1. The molecule has 0 saturated heterocycles. The van der Waals surface area contributed by atoms with E-state index in [0.717, 1.165) is 24.0 Å². The van der Waals surface area contributed by atoms with Crippen LogP contribution in [0.4, 0.5) is 45.2 Å². The minimum atomic E-state index is -5.08. The van der Waals surface area contributed by atoms with E-state index < -0.39 is 59.3 Å². The Morgan fingerprint density at radius 2 is 1.48 bits per heavy atom. The number of nitrogens with one attached hydrogen (secondary N) is 1. The summed E-state index contributed by atoms with van der Waals surface area (Å²) in [6.07, 6.45) is -14.2. The molecule has 0 spiro atoms. The Kier molecular flexibility index (Phi) is 10.5. The number of hydrogen-bond acceptors (Lipinski definition) is 4. The molecular formula is C26H27F9N2O3. The summed E-state index contributed by atoms with van der Waals surface area (Å²) in [4.78, 5) is 22.7. The number of carbonyl (C=O) groups excluding carboxylic acids is 2. The fraction of sp³-hybridized carbons (Fsp3) is 0.462. The van der Waals surface area contributed by atoms with Crippen molar-refractivity contribution < 1.29 is 53.8 Å². The molecule has 0 bridgehead atoms. The number of hydrogen-bond donors (Lipinski definition) is 1. The van der Waals surface area contributed by atoms with Crippen LogP contribution in [0.5, 0.6) is 0 Å². The maximum absolute atomic E-state index is 13.3. The number of ether oxygens (including phenoxy) is 1. The first-order valence-corrected chi connectivity index (χ1v) is 12.0. The van der Waals surface area contributed by atoms with E-state index in [4.69, 9.17) is 0 Å². The van der Waals surface area contributed by atoms with Crippen LogP contribution in [0.25, 0.3) is 0 Å². The number of fused-ring (bicyclic) bond motifs is 1. The minimum absolute atomic E-state index is 0.0237. The fourth-order valence-corrected chi connectivity index (χ4v) is 4.20. The van der Waals surface area contributed by atoms with Gasteiger partial charge < -0.3 is 15.0 Å². The van der Waals surface area contributed by atoms with Crippen molar-refractivity contribution in [1.82, 2.24) is 4.90 Å². The summed E-state index contributed by atoms with van der Waals surface area (Å²) in [6, 6.07) is 2.64. The van der Waals surface area contributed by atoms with Crippen molar-refractivity contribution in [3.05, 3.63) is 64.2 Å². The smallest absolute Gasteiger partial charge is 0.416 e. The molecule has 3 rings (SSSR count). The second-order valence-corrected chi connectivity index (χ2v) is 8.91. The van der Waals surface area contributed by atoms with E-state index in [9.17, 15) is 49.1 Å². The summed E-state index contributed by atoms with van der Waals surface area (Å²) in [5, 5.41) is 3.07. The van der Waals surface area contributed by atoms with E-state index in [0.29, 0.717) is 37.3 Å². The number of nitrogens with zero attached hydrogens (tertiary/aromatic N) is 1. The molecule has 1 heterocycles. The first-order chi connectivity index (χ1) is 18.4. The maximum Gasteiger partial charge on any atom is 0.416 e. The molecule has 40 heavy (non-hydrogen) atoms. The number of benzene rings is 2. The highest BCUT2D eigenvalue weighted by Crippen LogP contribution is 2.42. The molecule has 2 aromatic rings. The van der Waals surface area contributed by atoms with Gasteiger partial charge in [0.25, 0.3) is 6.47 Å². The van der Waals surface area contributed by atoms with Gasteiger partial charge in [0.15, 0.2) is 0 Å². The van der Waals surface area contributed by atoms with E-state index in [-0.39, 0.29) is 24.1 Å². The Morgan fingerprint density at radius 3 is 1.88 bits per heavy atom. The molecule has 1 amide bonds. The quantitative estimate of drug-likeness (QED) is 0.280. The standard InChI is InChI=1S/C23H21F9N2O.C3H6O2/c1-3-17-10-20(18-9-14(21(24,25)26)4-5-19(18)33-17)34(12(2)35)11-13-6-15(22(27,28)29)8-16(7-13)23(30,31)32;1-2-5-3-4/h4-9,17,20,33H,3,10-11H2,1-2H3;3H,2H2,1H3/t17-,20+;/m1./s1. The van der Waals surface area contributed by atoms with Crippen molar-refractivity contribution in [2.45, 2.75) is 70.8 Å². The Bertz CT molecular complexity index is 1150. The molecule has 0 unspecified atom stereocenters. The monoisotopic (exact) mass is 586 g/mol. The number of carbonyl (C=O) groups is 2. The van der Waals surface area contributed by atoms with Gasteiger partial charge in [-0.2, -0.15) is 39.5 Å². The van der Waals surface area contributed by atoms with E-state index in [1.807, 2.05) is 0 Å². The van der Waals surface area contributed by atoms with Gasteiger partial charge in [0.05, 0.1) is 29.3 Å². The molecule has 0 aliphatic carbocycles. The molecule has 1 aliphatic rings. The molecule has 5 nitrogen and oxygen atoms in total. The zero-order valence-electron chi connectivity index (χ0n) is 21.6. The first kappa shape index (κ1) is 32.8. The summed E-state index contributed by atoms with van der Waals surface area (Å²) in [5.74, 6) is -0.707. The Morgan fingerprint density at radius 1 is 0.925 bits per heavy atom. The number of alkyl halides is 9. The lowest BCUT2D eigenvalue weighted by Crippen LogP contribution is -2.39. The van der Waals surface area contributed by atoms with Gasteiger partial charge in [-0.15, -0.1) is 0 Å². The second-order valence-electron chi connectivity index (χ2n) is 8.91. The van der Waals surface area contributed by atoms with Crippen LogP contribution in [0.2, 0.25) is 0 Å². The fourth-order valence-electron chi connectivity index (χ4n) is 4.20. The molecule has 14 heteroatoms. The number of amides is 1. The van der Waals surface area contributed by atoms with Gasteiger partial charge in [-0.05, 0) is 67.3 Å². The molecule has 0 saturated carbocycles. The van der Waals surface area contributed by atoms with Crippen molar-refractivity contribution in [3.8, 4) is 0 Å². The third-order valence-corrected chi connectivity index (χ3v) is 6.11. The van der Waals surface area contributed by atoms with Crippen LogP contribution in [0.15, 0.2) is 36.4 Å². The molecule has 0 aromatic heterocycles. The lowest BCUT2D eigenvalue weighted by molar-refractivity contribution is -0.143. The average Bonchev–Trinajstić information content (AvgIpc) is 2.85. The summed E-state index contributed by atoms with van der Waals surface area (Å²) in [7, 11) is 0. The largest absolute Gasteiger partial charge is 0.468 e. The van der Waals surface area contributed by atoms with Gasteiger partial charge >= 0.3 is 18.5 Å². The highest BCUT2D eigenvalue weighted by atomic mass is 19.4. The summed E-state index contributed by atoms with van der Waals surface area (Å²) < 4.78 is 124. The van der Waals surface area contributed by atoms with Gasteiger partial charge in [-0.25, -0.2) is 0 Å². The van der Waals surface area contributed by atoms with E-state index in [2.05, 4.69) is 10.1 Å². The lowest BCUT2D eigenvalue weighted by atomic mass is 9.89. The van der Waals surface area contributed by atoms with E-state index in [1.54, 1.807) is 13.8 Å². The zero-order chi connectivity index (χ0) is 30.5. The number of halogens is 9. The molecule has 222 valence electrons. The van der Waals surface area contributed by atoms with Gasteiger partial charge in [0.1, 0.15) is 0 Å². The van der Waals surface area contributed by atoms with Crippen LogP contribution in [0, 0.1) is 0 Å². The highest BCUT2D eigenvalue weighted by molar-refractivity contribution is 5.75. The van der Waals surface area contributed by atoms with Crippen LogP contribution in [0.3, 0.4) is 0 Å². The third-order valence-electron chi connectivity index (χ3n) is 6.11. The topological polar surface area (TPSA) is 58.6 Å². The van der Waals surface area contributed by atoms with Crippen LogP contribution >= 0.6 is 0 Å². The van der Waals surface area contributed by atoms with Crippen molar-refractivity contribution >= 4 is 18.1 Å².